The monoisotopic (exact) mass is 516 g/mol. The average Bonchev–Trinajstić information content (AvgIpc) is 2.98. The molecule has 0 saturated heterocycles. The Morgan fingerprint density at radius 1 is 0.615 bits per heavy atom. The topological polar surface area (TPSA) is 65.0 Å². The quantitative estimate of drug-likeness (QED) is 0.110. The van der Waals surface area contributed by atoms with Crippen LogP contribution in [-0.2, 0) is 4.79 Å². The van der Waals surface area contributed by atoms with Gasteiger partial charge in [-0.3, -0.25) is 0 Å². The van der Waals surface area contributed by atoms with Gasteiger partial charge in [0.15, 0.2) is 0 Å². The highest BCUT2D eigenvalue weighted by molar-refractivity contribution is 5.91. The number of rotatable bonds is 11. The Morgan fingerprint density at radius 2 is 1.18 bits per heavy atom. The summed E-state index contributed by atoms with van der Waals surface area (Å²) in [6, 6.07) is 38.8. The van der Waals surface area contributed by atoms with Crippen LogP contribution in [0.1, 0.15) is 12.0 Å². The second kappa shape index (κ2) is 12.5. The molecule has 194 valence electrons. The normalized spacial score (nSPS) is 11.2. The molecular weight excluding hydrogens is 488 g/mol. The largest absolute Gasteiger partial charge is 0.493 e. The predicted octanol–water partition coefficient (Wildman–Crippen LogP) is 7.86. The van der Waals surface area contributed by atoms with Crippen LogP contribution in [-0.4, -0.2) is 24.3 Å². The lowest BCUT2D eigenvalue weighted by Gasteiger charge is -2.10. The first-order valence-electron chi connectivity index (χ1n) is 12.8. The first-order valence-corrected chi connectivity index (χ1v) is 12.8. The zero-order chi connectivity index (χ0) is 26.9. The molecule has 0 unspecified atom stereocenters. The second-order valence-electron chi connectivity index (χ2n) is 8.93. The van der Waals surface area contributed by atoms with Gasteiger partial charge in [0.2, 0.25) is 5.76 Å². The summed E-state index contributed by atoms with van der Waals surface area (Å²) in [6.45, 7) is 1.04. The van der Waals surface area contributed by atoms with Gasteiger partial charge in [0.25, 0.3) is 0 Å². The van der Waals surface area contributed by atoms with Crippen LogP contribution < -0.4 is 14.2 Å². The molecule has 1 N–H and O–H groups in total. The van der Waals surface area contributed by atoms with Crippen molar-refractivity contribution >= 4 is 22.8 Å². The first-order chi connectivity index (χ1) is 19.1. The molecule has 39 heavy (non-hydrogen) atoms. The third-order valence-corrected chi connectivity index (χ3v) is 6.12. The smallest absolute Gasteiger partial charge is 0.371 e. The van der Waals surface area contributed by atoms with Crippen LogP contribution in [0.5, 0.6) is 17.2 Å². The van der Waals surface area contributed by atoms with E-state index in [-0.39, 0.29) is 5.76 Å². The summed E-state index contributed by atoms with van der Waals surface area (Å²) < 4.78 is 17.3. The average molecular weight is 517 g/mol. The summed E-state index contributed by atoms with van der Waals surface area (Å²) in [5.41, 5.74) is 3.03. The fraction of sp³-hybridized carbons (Fsp3) is 0.0882. The fourth-order valence-corrected chi connectivity index (χ4v) is 4.12. The Kier molecular flexibility index (Phi) is 8.19. The zero-order valence-electron chi connectivity index (χ0n) is 21.3. The summed E-state index contributed by atoms with van der Waals surface area (Å²) in [5.74, 6) is 0.695. The van der Waals surface area contributed by atoms with E-state index in [1.807, 2.05) is 78.9 Å². The molecule has 5 heteroatoms. The van der Waals surface area contributed by atoms with Gasteiger partial charge >= 0.3 is 5.97 Å². The van der Waals surface area contributed by atoms with Crippen LogP contribution in [0.15, 0.2) is 127 Å². The van der Waals surface area contributed by atoms with Crippen molar-refractivity contribution in [2.45, 2.75) is 6.42 Å². The summed E-state index contributed by atoms with van der Waals surface area (Å²) in [6.07, 6.45) is 2.23. The number of ether oxygens (including phenoxy) is 3. The minimum atomic E-state index is -1.14. The van der Waals surface area contributed by atoms with Crippen molar-refractivity contribution in [3.05, 3.63) is 133 Å². The van der Waals surface area contributed by atoms with Crippen molar-refractivity contribution < 1.29 is 24.1 Å². The molecule has 0 aliphatic carbocycles. The van der Waals surface area contributed by atoms with E-state index >= 15 is 0 Å². The number of benzene rings is 5. The maximum atomic E-state index is 11.8. The van der Waals surface area contributed by atoms with Gasteiger partial charge in [0, 0.05) is 6.42 Å². The van der Waals surface area contributed by atoms with E-state index in [1.54, 1.807) is 18.2 Å². The van der Waals surface area contributed by atoms with Crippen LogP contribution in [0.2, 0.25) is 0 Å². The number of carbonyl (C=O) groups is 1. The lowest BCUT2D eigenvalue weighted by atomic mass is 10.1. The molecule has 5 nitrogen and oxygen atoms in total. The van der Waals surface area contributed by atoms with Gasteiger partial charge in [-0.05, 0) is 69.9 Å². The van der Waals surface area contributed by atoms with E-state index in [2.05, 4.69) is 24.3 Å². The lowest BCUT2D eigenvalue weighted by molar-refractivity contribution is -0.134. The molecular formula is C34H28O5. The van der Waals surface area contributed by atoms with Crippen molar-refractivity contribution in [2.24, 2.45) is 0 Å². The van der Waals surface area contributed by atoms with Gasteiger partial charge in [-0.25, -0.2) is 4.79 Å². The van der Waals surface area contributed by atoms with E-state index in [9.17, 15) is 9.90 Å². The van der Waals surface area contributed by atoms with E-state index in [4.69, 9.17) is 14.2 Å². The standard InChI is InChI=1S/C34H28O5/c35-34(36)33(39-32-20-15-27-9-4-5-10-29(27)24-32)23-25-11-16-30(17-12-25)37-21-6-22-38-31-18-13-28(14-19-31)26-7-2-1-3-8-26/h1-5,7-20,23-24H,6,21-22H2,(H,35,36). The summed E-state index contributed by atoms with van der Waals surface area (Å²) in [5, 5.41) is 11.7. The molecule has 0 amide bonds. The van der Waals surface area contributed by atoms with Crippen molar-refractivity contribution in [1.82, 2.24) is 0 Å². The molecule has 0 fully saturated rings. The number of fused-ring (bicyclic) bond motifs is 1. The molecule has 5 rings (SSSR count). The third kappa shape index (κ3) is 7.05. The van der Waals surface area contributed by atoms with Gasteiger partial charge in [-0.15, -0.1) is 0 Å². The Bertz CT molecular complexity index is 1560. The van der Waals surface area contributed by atoms with Crippen LogP contribution in [0, 0.1) is 0 Å². The lowest BCUT2D eigenvalue weighted by Crippen LogP contribution is -2.07. The van der Waals surface area contributed by atoms with E-state index in [0.29, 0.717) is 30.3 Å². The maximum Gasteiger partial charge on any atom is 0.371 e. The van der Waals surface area contributed by atoms with Crippen molar-refractivity contribution in [2.75, 3.05) is 13.2 Å². The van der Waals surface area contributed by atoms with Crippen molar-refractivity contribution in [3.63, 3.8) is 0 Å². The molecule has 0 aromatic heterocycles. The Hall–Kier alpha value is -5.03. The highest BCUT2D eigenvalue weighted by Crippen LogP contribution is 2.24. The molecule has 0 heterocycles. The second-order valence-corrected chi connectivity index (χ2v) is 8.93. The van der Waals surface area contributed by atoms with E-state index < -0.39 is 5.97 Å². The van der Waals surface area contributed by atoms with E-state index in [1.165, 1.54) is 11.6 Å². The zero-order valence-corrected chi connectivity index (χ0v) is 21.3. The molecule has 0 bridgehead atoms. The third-order valence-electron chi connectivity index (χ3n) is 6.12. The van der Waals surface area contributed by atoms with Crippen LogP contribution in [0.4, 0.5) is 0 Å². The van der Waals surface area contributed by atoms with Crippen LogP contribution in [0.3, 0.4) is 0 Å². The first kappa shape index (κ1) is 25.6. The van der Waals surface area contributed by atoms with Gasteiger partial charge in [0.05, 0.1) is 13.2 Å². The molecule has 0 spiro atoms. The summed E-state index contributed by atoms with van der Waals surface area (Å²) >= 11 is 0. The number of carboxylic acid groups (broad SMARTS) is 1. The molecule has 0 aliphatic heterocycles. The predicted molar refractivity (Wildman–Crippen MR) is 154 cm³/mol. The van der Waals surface area contributed by atoms with Gasteiger partial charge in [-0.1, -0.05) is 84.9 Å². The summed E-state index contributed by atoms with van der Waals surface area (Å²) in [7, 11) is 0. The van der Waals surface area contributed by atoms with Gasteiger partial charge < -0.3 is 19.3 Å². The fourth-order valence-electron chi connectivity index (χ4n) is 4.12. The van der Waals surface area contributed by atoms with Crippen molar-refractivity contribution in [3.8, 4) is 28.4 Å². The summed E-state index contributed by atoms with van der Waals surface area (Å²) in [4.78, 5) is 11.8. The minimum Gasteiger partial charge on any atom is -0.493 e. The number of hydrogen-bond donors (Lipinski definition) is 1. The Labute approximate surface area is 227 Å². The van der Waals surface area contributed by atoms with E-state index in [0.717, 1.165) is 28.5 Å². The molecule has 0 aliphatic rings. The number of carboxylic acids is 1. The van der Waals surface area contributed by atoms with Crippen LogP contribution >= 0.6 is 0 Å². The Balaban J connectivity index is 1.10. The minimum absolute atomic E-state index is 0.159. The molecule has 5 aromatic carbocycles. The number of aliphatic carboxylic acids is 1. The van der Waals surface area contributed by atoms with Crippen LogP contribution in [0.25, 0.3) is 28.0 Å². The van der Waals surface area contributed by atoms with Gasteiger partial charge in [0.1, 0.15) is 17.2 Å². The highest BCUT2D eigenvalue weighted by atomic mass is 16.5. The highest BCUT2D eigenvalue weighted by Gasteiger charge is 2.11. The Morgan fingerprint density at radius 3 is 1.85 bits per heavy atom. The maximum absolute atomic E-state index is 11.8. The van der Waals surface area contributed by atoms with Gasteiger partial charge in [-0.2, -0.15) is 0 Å². The molecule has 5 aromatic rings. The SMILES string of the molecule is O=C(O)C(=Cc1ccc(OCCCOc2ccc(-c3ccccc3)cc2)cc1)Oc1ccc2ccccc2c1. The molecule has 0 saturated carbocycles. The molecule has 0 atom stereocenters. The van der Waals surface area contributed by atoms with Crippen molar-refractivity contribution in [1.29, 1.82) is 0 Å². The molecule has 0 radical (unpaired) electrons. The number of hydrogen-bond acceptors (Lipinski definition) is 4.